The van der Waals surface area contributed by atoms with E-state index in [2.05, 4.69) is 39.8 Å². The zero-order valence-electron chi connectivity index (χ0n) is 12.8. The number of carbonyl (C=O) groups is 1. The molecule has 2 atom stereocenters. The Balaban J connectivity index is 2.86. The van der Waals surface area contributed by atoms with Crippen LogP contribution < -0.4 is 0 Å². The molecule has 106 valence electrons. The molecule has 1 N–H and O–H groups in total. The Bertz CT molecular complexity index is 449. The normalized spacial score (nSPS) is 14.2. The van der Waals surface area contributed by atoms with Crippen LogP contribution >= 0.6 is 0 Å². The van der Waals surface area contributed by atoms with E-state index in [4.69, 9.17) is 5.11 Å². The fourth-order valence-corrected chi connectivity index (χ4v) is 2.57. The standard InChI is InChI=1S/C17H26O2/c1-6-15(9-7-12(3)17(18)19)16-10-8-11(2)13(4)14(16)5/h8,10,12,15H,6-7,9H2,1-5H3,(H,18,19). The number of benzene rings is 1. The number of rotatable bonds is 6. The number of aryl methyl sites for hydroxylation is 1. The summed E-state index contributed by atoms with van der Waals surface area (Å²) < 4.78 is 0. The molecule has 0 amide bonds. The van der Waals surface area contributed by atoms with Gasteiger partial charge in [0.1, 0.15) is 0 Å². The van der Waals surface area contributed by atoms with Gasteiger partial charge in [0.05, 0.1) is 5.92 Å². The van der Waals surface area contributed by atoms with Crippen LogP contribution in [0.1, 0.15) is 61.3 Å². The van der Waals surface area contributed by atoms with Crippen LogP contribution in [0.4, 0.5) is 0 Å². The third kappa shape index (κ3) is 3.82. The van der Waals surface area contributed by atoms with Crippen LogP contribution in [0.5, 0.6) is 0 Å². The van der Waals surface area contributed by atoms with E-state index in [9.17, 15) is 4.79 Å². The lowest BCUT2D eigenvalue weighted by molar-refractivity contribution is -0.141. The van der Waals surface area contributed by atoms with Crippen LogP contribution in [0.25, 0.3) is 0 Å². The van der Waals surface area contributed by atoms with Gasteiger partial charge in [0, 0.05) is 0 Å². The summed E-state index contributed by atoms with van der Waals surface area (Å²) in [5.41, 5.74) is 5.45. The predicted octanol–water partition coefficient (Wildman–Crippen LogP) is 4.61. The highest BCUT2D eigenvalue weighted by Gasteiger charge is 2.17. The molecule has 19 heavy (non-hydrogen) atoms. The summed E-state index contributed by atoms with van der Waals surface area (Å²) in [5.74, 6) is -0.464. The van der Waals surface area contributed by atoms with Crippen molar-refractivity contribution in [1.29, 1.82) is 0 Å². The summed E-state index contributed by atoms with van der Waals surface area (Å²) in [5, 5.41) is 8.97. The minimum absolute atomic E-state index is 0.249. The first-order valence-corrected chi connectivity index (χ1v) is 7.17. The van der Waals surface area contributed by atoms with E-state index in [-0.39, 0.29) is 5.92 Å². The van der Waals surface area contributed by atoms with E-state index in [1.807, 2.05) is 0 Å². The zero-order chi connectivity index (χ0) is 14.6. The molecule has 0 aromatic heterocycles. The molecular formula is C17H26O2. The van der Waals surface area contributed by atoms with Crippen molar-refractivity contribution in [3.05, 3.63) is 34.4 Å². The first-order chi connectivity index (χ1) is 8.88. The average Bonchev–Trinajstić information content (AvgIpc) is 2.38. The van der Waals surface area contributed by atoms with Gasteiger partial charge in [-0.05, 0) is 68.2 Å². The number of hydrogen-bond acceptors (Lipinski definition) is 1. The van der Waals surface area contributed by atoms with Gasteiger partial charge in [-0.3, -0.25) is 4.79 Å². The Kier molecular flexibility index (Phi) is 5.59. The maximum absolute atomic E-state index is 10.9. The zero-order valence-corrected chi connectivity index (χ0v) is 12.8. The van der Waals surface area contributed by atoms with Gasteiger partial charge in [-0.25, -0.2) is 0 Å². The molecule has 2 nitrogen and oxygen atoms in total. The molecule has 0 aliphatic heterocycles. The lowest BCUT2D eigenvalue weighted by atomic mass is 9.84. The first kappa shape index (κ1) is 15.7. The minimum Gasteiger partial charge on any atom is -0.481 e. The molecule has 0 spiro atoms. The number of aliphatic carboxylic acids is 1. The lowest BCUT2D eigenvalue weighted by Gasteiger charge is -2.21. The second-order valence-electron chi connectivity index (χ2n) is 5.64. The van der Waals surface area contributed by atoms with Crippen LogP contribution in [-0.2, 0) is 4.79 Å². The quantitative estimate of drug-likeness (QED) is 0.813. The number of hydrogen-bond donors (Lipinski definition) is 1. The van der Waals surface area contributed by atoms with E-state index in [0.717, 1.165) is 19.3 Å². The van der Waals surface area contributed by atoms with E-state index in [1.54, 1.807) is 6.92 Å². The van der Waals surface area contributed by atoms with Gasteiger partial charge in [-0.2, -0.15) is 0 Å². The SMILES string of the molecule is CCC(CCC(C)C(=O)O)c1ccc(C)c(C)c1C. The van der Waals surface area contributed by atoms with E-state index >= 15 is 0 Å². The van der Waals surface area contributed by atoms with Gasteiger partial charge in [0.25, 0.3) is 0 Å². The van der Waals surface area contributed by atoms with Crippen LogP contribution in [0, 0.1) is 26.7 Å². The van der Waals surface area contributed by atoms with Crippen molar-refractivity contribution in [2.75, 3.05) is 0 Å². The van der Waals surface area contributed by atoms with E-state index < -0.39 is 5.97 Å². The topological polar surface area (TPSA) is 37.3 Å². The van der Waals surface area contributed by atoms with Crippen LogP contribution in [-0.4, -0.2) is 11.1 Å². The van der Waals surface area contributed by atoms with Gasteiger partial charge in [-0.15, -0.1) is 0 Å². The molecule has 0 fully saturated rings. The Hall–Kier alpha value is -1.31. The lowest BCUT2D eigenvalue weighted by Crippen LogP contribution is -2.11. The van der Waals surface area contributed by atoms with Crippen LogP contribution in [0.15, 0.2) is 12.1 Å². The van der Waals surface area contributed by atoms with Gasteiger partial charge < -0.3 is 5.11 Å². The fraction of sp³-hybridized carbons (Fsp3) is 0.588. The second kappa shape index (κ2) is 6.74. The van der Waals surface area contributed by atoms with Gasteiger partial charge in [0.15, 0.2) is 0 Å². The summed E-state index contributed by atoms with van der Waals surface area (Å²) in [7, 11) is 0. The maximum atomic E-state index is 10.9. The summed E-state index contributed by atoms with van der Waals surface area (Å²) in [6, 6.07) is 4.40. The monoisotopic (exact) mass is 262 g/mol. The summed E-state index contributed by atoms with van der Waals surface area (Å²) >= 11 is 0. The molecule has 0 saturated heterocycles. The number of carboxylic acids is 1. The molecule has 1 aromatic rings. The number of carboxylic acid groups (broad SMARTS) is 1. The molecule has 2 unspecified atom stereocenters. The third-order valence-corrected chi connectivity index (χ3v) is 4.40. The van der Waals surface area contributed by atoms with Gasteiger partial charge in [0.2, 0.25) is 0 Å². The highest BCUT2D eigenvalue weighted by Crippen LogP contribution is 2.31. The second-order valence-corrected chi connectivity index (χ2v) is 5.64. The summed E-state index contributed by atoms with van der Waals surface area (Å²) in [4.78, 5) is 10.9. The average molecular weight is 262 g/mol. The van der Waals surface area contributed by atoms with E-state index in [1.165, 1.54) is 22.3 Å². The van der Waals surface area contributed by atoms with Crippen molar-refractivity contribution in [2.24, 2.45) is 5.92 Å². The van der Waals surface area contributed by atoms with Crippen molar-refractivity contribution in [2.45, 2.75) is 59.8 Å². The van der Waals surface area contributed by atoms with Crippen molar-refractivity contribution in [3.63, 3.8) is 0 Å². The molecule has 1 rings (SSSR count). The maximum Gasteiger partial charge on any atom is 0.306 e. The Morgan fingerprint density at radius 1 is 1.16 bits per heavy atom. The van der Waals surface area contributed by atoms with Crippen LogP contribution in [0.3, 0.4) is 0 Å². The van der Waals surface area contributed by atoms with Crippen LogP contribution in [0.2, 0.25) is 0 Å². The molecular weight excluding hydrogens is 236 g/mol. The molecule has 0 aliphatic carbocycles. The molecule has 0 aliphatic rings. The third-order valence-electron chi connectivity index (χ3n) is 4.40. The fourth-order valence-electron chi connectivity index (χ4n) is 2.57. The van der Waals surface area contributed by atoms with Gasteiger partial charge in [-0.1, -0.05) is 26.0 Å². The van der Waals surface area contributed by atoms with Crippen molar-refractivity contribution in [1.82, 2.24) is 0 Å². The van der Waals surface area contributed by atoms with Crippen molar-refractivity contribution >= 4 is 5.97 Å². The smallest absolute Gasteiger partial charge is 0.306 e. The Labute approximate surface area is 116 Å². The Morgan fingerprint density at radius 3 is 2.32 bits per heavy atom. The molecule has 2 heteroatoms. The molecule has 1 aromatic carbocycles. The van der Waals surface area contributed by atoms with Crippen molar-refractivity contribution < 1.29 is 9.90 Å². The molecule has 0 saturated carbocycles. The summed E-state index contributed by atoms with van der Waals surface area (Å²) in [6.45, 7) is 10.5. The highest BCUT2D eigenvalue weighted by atomic mass is 16.4. The Morgan fingerprint density at radius 2 is 1.79 bits per heavy atom. The highest BCUT2D eigenvalue weighted by molar-refractivity contribution is 5.69. The predicted molar refractivity (Wildman–Crippen MR) is 79.7 cm³/mol. The molecule has 0 radical (unpaired) electrons. The largest absolute Gasteiger partial charge is 0.481 e. The summed E-state index contributed by atoms with van der Waals surface area (Å²) in [6.07, 6.45) is 2.77. The van der Waals surface area contributed by atoms with E-state index in [0.29, 0.717) is 5.92 Å². The first-order valence-electron chi connectivity index (χ1n) is 7.17. The van der Waals surface area contributed by atoms with Crippen molar-refractivity contribution in [3.8, 4) is 0 Å². The molecule has 0 heterocycles. The molecule has 0 bridgehead atoms. The van der Waals surface area contributed by atoms with Gasteiger partial charge >= 0.3 is 5.97 Å². The minimum atomic E-state index is -0.688.